The molecule has 1 saturated heterocycles. The van der Waals surface area contributed by atoms with Crippen LogP contribution in [0.3, 0.4) is 0 Å². The summed E-state index contributed by atoms with van der Waals surface area (Å²) in [5, 5.41) is 6.73. The van der Waals surface area contributed by atoms with Gasteiger partial charge in [0.05, 0.1) is 0 Å². The highest BCUT2D eigenvalue weighted by atomic mass is 32.1. The number of aromatic nitrogens is 1. The van der Waals surface area contributed by atoms with Gasteiger partial charge in [-0.05, 0) is 35.2 Å². The zero-order chi connectivity index (χ0) is 11.8. The summed E-state index contributed by atoms with van der Waals surface area (Å²) >= 11 is 4.14. The molecule has 4 nitrogen and oxygen atoms in total. The van der Waals surface area contributed by atoms with Gasteiger partial charge in [-0.15, -0.1) is 12.6 Å². The lowest BCUT2D eigenvalue weighted by Gasteiger charge is -2.00. The molecule has 1 amide bonds. The van der Waals surface area contributed by atoms with Crippen molar-refractivity contribution in [3.63, 3.8) is 0 Å². The molecule has 0 radical (unpaired) electrons. The van der Waals surface area contributed by atoms with E-state index in [1.165, 1.54) is 0 Å². The average Bonchev–Trinajstić information content (AvgIpc) is 2.85. The molecule has 1 aliphatic heterocycles. The third-order valence-electron chi connectivity index (χ3n) is 2.69. The third-order valence-corrected chi connectivity index (χ3v) is 2.95. The van der Waals surface area contributed by atoms with Crippen molar-refractivity contribution in [3.05, 3.63) is 41.7 Å². The second kappa shape index (κ2) is 3.85. The Morgan fingerprint density at radius 1 is 1.24 bits per heavy atom. The van der Waals surface area contributed by atoms with Gasteiger partial charge in [-0.3, -0.25) is 4.79 Å². The zero-order valence-corrected chi connectivity index (χ0v) is 9.79. The minimum Gasteiger partial charge on any atom is -0.361 e. The lowest BCUT2D eigenvalue weighted by molar-refractivity contribution is -0.116. The Bertz CT molecular complexity index is 617. The van der Waals surface area contributed by atoms with Crippen LogP contribution < -0.4 is 10.6 Å². The van der Waals surface area contributed by atoms with Crippen LogP contribution in [0.4, 0.5) is 0 Å². The van der Waals surface area contributed by atoms with Crippen LogP contribution in [0, 0.1) is 0 Å². The molecule has 5 heteroatoms. The Balaban J connectivity index is 1.99. The van der Waals surface area contributed by atoms with E-state index in [0.717, 1.165) is 16.5 Å². The molecule has 1 aromatic carbocycles. The molecule has 0 spiro atoms. The molecule has 0 bridgehead atoms. The number of rotatable bonds is 1. The van der Waals surface area contributed by atoms with Gasteiger partial charge < -0.3 is 15.6 Å². The normalized spacial score (nSPS) is 21.8. The molecule has 2 aromatic rings. The van der Waals surface area contributed by atoms with Crippen LogP contribution in [0.5, 0.6) is 0 Å². The molecule has 1 fully saturated rings. The van der Waals surface area contributed by atoms with E-state index in [0.29, 0.717) is 5.70 Å². The van der Waals surface area contributed by atoms with Gasteiger partial charge in [0.1, 0.15) is 11.2 Å². The van der Waals surface area contributed by atoms with Crippen molar-refractivity contribution >= 4 is 35.5 Å². The van der Waals surface area contributed by atoms with Crippen molar-refractivity contribution in [1.29, 1.82) is 0 Å². The Morgan fingerprint density at radius 2 is 2.12 bits per heavy atom. The first-order valence-electron chi connectivity index (χ1n) is 5.27. The predicted octanol–water partition coefficient (Wildman–Crippen LogP) is 1.44. The fourth-order valence-corrected chi connectivity index (χ4v) is 2.14. The number of benzene rings is 1. The van der Waals surface area contributed by atoms with E-state index in [1.807, 2.05) is 36.5 Å². The van der Waals surface area contributed by atoms with Crippen molar-refractivity contribution in [2.24, 2.45) is 0 Å². The summed E-state index contributed by atoms with van der Waals surface area (Å²) in [7, 11) is 0. The molecule has 1 unspecified atom stereocenters. The van der Waals surface area contributed by atoms with Gasteiger partial charge in [-0.25, -0.2) is 0 Å². The fraction of sp³-hybridized carbons (Fsp3) is 0.0833. The Hall–Kier alpha value is -1.88. The summed E-state index contributed by atoms with van der Waals surface area (Å²) in [6.07, 6.45) is 3.71. The monoisotopic (exact) mass is 245 g/mol. The van der Waals surface area contributed by atoms with Crippen molar-refractivity contribution in [2.45, 2.75) is 5.50 Å². The van der Waals surface area contributed by atoms with Gasteiger partial charge in [0.15, 0.2) is 0 Å². The molecule has 2 heterocycles. The first kappa shape index (κ1) is 10.3. The second-order valence-electron chi connectivity index (χ2n) is 3.90. The molecular weight excluding hydrogens is 234 g/mol. The molecule has 1 atom stereocenters. The van der Waals surface area contributed by atoms with Gasteiger partial charge in [-0.1, -0.05) is 6.07 Å². The molecule has 3 rings (SSSR count). The van der Waals surface area contributed by atoms with E-state index in [1.54, 1.807) is 0 Å². The largest absolute Gasteiger partial charge is 0.361 e. The number of hydrogen-bond acceptors (Lipinski definition) is 3. The molecule has 1 aromatic heterocycles. The molecule has 17 heavy (non-hydrogen) atoms. The predicted molar refractivity (Wildman–Crippen MR) is 70.3 cm³/mol. The Labute approximate surface area is 104 Å². The maximum Gasteiger partial charge on any atom is 0.269 e. The second-order valence-corrected chi connectivity index (χ2v) is 4.42. The quantitative estimate of drug-likeness (QED) is 0.454. The number of thiol groups is 1. The summed E-state index contributed by atoms with van der Waals surface area (Å²) in [5.41, 5.74) is 2.31. The summed E-state index contributed by atoms with van der Waals surface area (Å²) in [4.78, 5) is 14.6. The molecule has 86 valence electrons. The molecular formula is C12H11N3OS. The number of hydrogen-bond donors (Lipinski definition) is 4. The molecule has 0 aliphatic carbocycles. The number of carbonyl (C=O) groups is 1. The number of amides is 1. The van der Waals surface area contributed by atoms with Gasteiger partial charge in [0.2, 0.25) is 0 Å². The SMILES string of the molecule is O=C1NC(S)N/C1=C\c1ccc2[nH]ccc2c1. The van der Waals surface area contributed by atoms with Gasteiger partial charge in [0.25, 0.3) is 5.91 Å². The van der Waals surface area contributed by atoms with Crippen LogP contribution in [-0.2, 0) is 4.79 Å². The van der Waals surface area contributed by atoms with Crippen molar-refractivity contribution in [1.82, 2.24) is 15.6 Å². The maximum atomic E-state index is 11.5. The summed E-state index contributed by atoms with van der Waals surface area (Å²) in [6.45, 7) is 0. The zero-order valence-electron chi connectivity index (χ0n) is 8.90. The third kappa shape index (κ3) is 1.89. The lowest BCUT2D eigenvalue weighted by Crippen LogP contribution is -2.25. The first-order valence-corrected chi connectivity index (χ1v) is 5.78. The van der Waals surface area contributed by atoms with E-state index >= 15 is 0 Å². The number of aromatic amines is 1. The van der Waals surface area contributed by atoms with E-state index in [-0.39, 0.29) is 11.4 Å². The smallest absolute Gasteiger partial charge is 0.269 e. The van der Waals surface area contributed by atoms with E-state index in [2.05, 4.69) is 28.2 Å². The molecule has 0 saturated carbocycles. The van der Waals surface area contributed by atoms with Crippen molar-refractivity contribution in [3.8, 4) is 0 Å². The Kier molecular flexibility index (Phi) is 2.33. The first-order chi connectivity index (χ1) is 8.22. The van der Waals surface area contributed by atoms with Gasteiger partial charge in [0, 0.05) is 11.7 Å². The summed E-state index contributed by atoms with van der Waals surface area (Å²) in [5.74, 6) is -0.126. The lowest BCUT2D eigenvalue weighted by atomic mass is 10.1. The van der Waals surface area contributed by atoms with Crippen molar-refractivity contribution in [2.75, 3.05) is 0 Å². The standard InChI is InChI=1S/C12H11N3OS/c16-11-10(14-12(17)15-11)6-7-1-2-9-8(5-7)3-4-13-9/h1-6,12-14,17H,(H,15,16)/b10-6-. The number of carbonyl (C=O) groups excluding carboxylic acids is 1. The number of H-pyrrole nitrogens is 1. The average molecular weight is 245 g/mol. The van der Waals surface area contributed by atoms with Crippen LogP contribution in [-0.4, -0.2) is 16.4 Å². The van der Waals surface area contributed by atoms with E-state index in [4.69, 9.17) is 0 Å². The van der Waals surface area contributed by atoms with Crippen LogP contribution in [0.25, 0.3) is 17.0 Å². The van der Waals surface area contributed by atoms with Gasteiger partial charge in [-0.2, -0.15) is 0 Å². The Morgan fingerprint density at radius 3 is 2.88 bits per heavy atom. The minimum absolute atomic E-state index is 0.126. The van der Waals surface area contributed by atoms with Crippen LogP contribution >= 0.6 is 12.6 Å². The molecule has 3 N–H and O–H groups in total. The summed E-state index contributed by atoms with van der Waals surface area (Å²) in [6, 6.07) is 7.99. The maximum absolute atomic E-state index is 11.5. The van der Waals surface area contributed by atoms with E-state index in [9.17, 15) is 4.79 Å². The highest BCUT2D eigenvalue weighted by Gasteiger charge is 2.21. The van der Waals surface area contributed by atoms with Crippen molar-refractivity contribution < 1.29 is 4.79 Å². The number of fused-ring (bicyclic) bond motifs is 1. The highest BCUT2D eigenvalue weighted by Crippen LogP contribution is 2.17. The number of nitrogens with one attached hydrogen (secondary N) is 3. The van der Waals surface area contributed by atoms with Crippen LogP contribution in [0.15, 0.2) is 36.2 Å². The topological polar surface area (TPSA) is 56.9 Å². The van der Waals surface area contributed by atoms with Crippen LogP contribution in [0.1, 0.15) is 5.56 Å². The molecule has 1 aliphatic rings. The van der Waals surface area contributed by atoms with Gasteiger partial charge >= 0.3 is 0 Å². The highest BCUT2D eigenvalue weighted by molar-refractivity contribution is 7.80. The fourth-order valence-electron chi connectivity index (χ4n) is 1.89. The van der Waals surface area contributed by atoms with Crippen LogP contribution in [0.2, 0.25) is 0 Å². The van der Waals surface area contributed by atoms with E-state index < -0.39 is 0 Å². The minimum atomic E-state index is -0.301. The summed E-state index contributed by atoms with van der Waals surface area (Å²) < 4.78 is 0.